The van der Waals surface area contributed by atoms with Crippen LogP contribution in [0.3, 0.4) is 0 Å². The van der Waals surface area contributed by atoms with Crippen LogP contribution in [0.1, 0.15) is 5.69 Å². The number of thioether (sulfide) groups is 1. The fourth-order valence-corrected chi connectivity index (χ4v) is 3.39. The third kappa shape index (κ3) is 6.22. The summed E-state index contributed by atoms with van der Waals surface area (Å²) in [6.07, 6.45) is 0. The number of nitrogens with one attached hydrogen (secondary N) is 3. The van der Waals surface area contributed by atoms with Gasteiger partial charge in [-0.05, 0) is 38.4 Å². The molecule has 152 valence electrons. The van der Waals surface area contributed by atoms with Crippen LogP contribution in [0.15, 0.2) is 26.3 Å². The third-order valence-corrected chi connectivity index (χ3v) is 5.33. The van der Waals surface area contributed by atoms with E-state index in [1.54, 1.807) is 0 Å². The molecular formula is C13H13BrF2N6O4S2. The van der Waals surface area contributed by atoms with Gasteiger partial charge in [0.15, 0.2) is 22.4 Å². The lowest BCUT2D eigenvalue weighted by atomic mass is 10.3. The normalized spacial score (nSPS) is 11.3. The molecule has 0 radical (unpaired) electrons. The van der Waals surface area contributed by atoms with Gasteiger partial charge >= 0.3 is 0 Å². The number of sulfonamides is 1. The van der Waals surface area contributed by atoms with E-state index in [1.807, 2.05) is 0 Å². The van der Waals surface area contributed by atoms with Crippen molar-refractivity contribution in [2.24, 2.45) is 5.14 Å². The molecule has 15 heteroatoms. The van der Waals surface area contributed by atoms with Gasteiger partial charge in [-0.15, -0.1) is 0 Å². The highest BCUT2D eigenvalue weighted by Gasteiger charge is 2.19. The van der Waals surface area contributed by atoms with E-state index in [-0.39, 0.29) is 39.0 Å². The van der Waals surface area contributed by atoms with Crippen molar-refractivity contribution in [2.45, 2.75) is 5.03 Å². The Balaban J connectivity index is 1.93. The van der Waals surface area contributed by atoms with Crippen LogP contribution in [0.5, 0.6) is 0 Å². The minimum atomic E-state index is -3.91. The first-order chi connectivity index (χ1) is 13.1. The Hall–Kier alpha value is -2.10. The van der Waals surface area contributed by atoms with Gasteiger partial charge in [0.05, 0.1) is 10.2 Å². The number of anilines is 1. The van der Waals surface area contributed by atoms with Crippen LogP contribution in [0.2, 0.25) is 0 Å². The van der Waals surface area contributed by atoms with Crippen LogP contribution < -0.4 is 15.8 Å². The van der Waals surface area contributed by atoms with Crippen LogP contribution in [0.25, 0.3) is 0 Å². The van der Waals surface area contributed by atoms with E-state index in [0.717, 1.165) is 23.9 Å². The molecule has 0 fully saturated rings. The average molecular weight is 499 g/mol. The summed E-state index contributed by atoms with van der Waals surface area (Å²) < 4.78 is 53.1. The molecule has 2 rings (SSSR count). The summed E-state index contributed by atoms with van der Waals surface area (Å²) in [5, 5.41) is 24.9. The predicted octanol–water partition coefficient (Wildman–Crippen LogP) is 1.04. The zero-order valence-electron chi connectivity index (χ0n) is 13.8. The molecule has 2 aromatic rings. The summed E-state index contributed by atoms with van der Waals surface area (Å²) >= 11 is 3.82. The number of nitrogens with two attached hydrogens (primary N) is 1. The number of benzene rings is 1. The van der Waals surface area contributed by atoms with Crippen molar-refractivity contribution in [2.75, 3.05) is 23.4 Å². The Morgan fingerprint density at radius 3 is 2.75 bits per heavy atom. The van der Waals surface area contributed by atoms with Gasteiger partial charge in [0, 0.05) is 12.3 Å². The molecule has 28 heavy (non-hydrogen) atoms. The molecule has 0 spiro atoms. The van der Waals surface area contributed by atoms with Crippen LogP contribution in [0, 0.1) is 17.0 Å². The largest absolute Gasteiger partial charge is 0.354 e. The number of hydrogen-bond donors (Lipinski definition) is 4. The number of hydrogen-bond acceptors (Lipinski definition) is 8. The zero-order chi connectivity index (χ0) is 20.9. The maximum absolute atomic E-state index is 14.0. The number of rotatable bonds is 8. The number of nitrogens with zero attached hydrogens (tertiary/aromatic N) is 2. The lowest BCUT2D eigenvalue weighted by molar-refractivity contribution is -0.118. The SMILES string of the molecule is N=C(Nc1ccc(F)c(Br)c1F)c1nonc1SCCNC(=O)CS(N)(=O)=O. The summed E-state index contributed by atoms with van der Waals surface area (Å²) in [7, 11) is -3.91. The van der Waals surface area contributed by atoms with Gasteiger partial charge in [0.1, 0.15) is 11.6 Å². The Labute approximate surface area is 170 Å². The van der Waals surface area contributed by atoms with E-state index >= 15 is 0 Å². The first-order valence-electron chi connectivity index (χ1n) is 7.30. The summed E-state index contributed by atoms with van der Waals surface area (Å²) in [6, 6.07) is 2.13. The van der Waals surface area contributed by atoms with Crippen LogP contribution in [-0.4, -0.2) is 48.5 Å². The minimum Gasteiger partial charge on any atom is -0.354 e. The van der Waals surface area contributed by atoms with E-state index in [1.165, 1.54) is 0 Å². The van der Waals surface area contributed by atoms with E-state index in [0.29, 0.717) is 0 Å². The predicted molar refractivity (Wildman–Crippen MR) is 101 cm³/mol. The molecule has 0 saturated carbocycles. The molecule has 1 amide bonds. The van der Waals surface area contributed by atoms with Crippen molar-refractivity contribution in [1.29, 1.82) is 5.41 Å². The number of aromatic nitrogens is 2. The smallest absolute Gasteiger partial charge is 0.236 e. The van der Waals surface area contributed by atoms with E-state index in [4.69, 9.17) is 10.5 Å². The molecule has 0 unspecified atom stereocenters. The molecule has 1 aromatic carbocycles. The fraction of sp³-hybridized carbons (Fsp3) is 0.231. The molecule has 0 bridgehead atoms. The Kier molecular flexibility index (Phi) is 7.45. The summed E-state index contributed by atoms with van der Waals surface area (Å²) in [4.78, 5) is 11.3. The fourth-order valence-electron chi connectivity index (χ4n) is 1.82. The quantitative estimate of drug-likeness (QED) is 0.138. The highest BCUT2D eigenvalue weighted by atomic mass is 79.9. The molecule has 0 saturated heterocycles. The molecular weight excluding hydrogens is 486 g/mol. The van der Waals surface area contributed by atoms with Crippen molar-refractivity contribution in [3.05, 3.63) is 33.9 Å². The van der Waals surface area contributed by atoms with Gasteiger partial charge in [-0.25, -0.2) is 27.0 Å². The summed E-state index contributed by atoms with van der Waals surface area (Å²) in [5.41, 5.74) is -0.187. The second kappa shape index (κ2) is 9.40. The van der Waals surface area contributed by atoms with Crippen LogP contribution >= 0.6 is 27.7 Å². The average Bonchev–Trinajstić information content (AvgIpc) is 3.06. The highest BCUT2D eigenvalue weighted by Crippen LogP contribution is 2.27. The number of carbonyl (C=O) groups is 1. The molecule has 0 aliphatic carbocycles. The van der Waals surface area contributed by atoms with Crippen molar-refractivity contribution >= 4 is 55.1 Å². The van der Waals surface area contributed by atoms with Crippen molar-refractivity contribution < 1.29 is 26.6 Å². The lowest BCUT2D eigenvalue weighted by Crippen LogP contribution is -2.34. The van der Waals surface area contributed by atoms with Gasteiger partial charge < -0.3 is 10.6 Å². The van der Waals surface area contributed by atoms with E-state index < -0.39 is 33.3 Å². The topological polar surface area (TPSA) is 164 Å². The molecule has 5 N–H and O–H groups in total. The lowest BCUT2D eigenvalue weighted by Gasteiger charge is -2.09. The highest BCUT2D eigenvalue weighted by molar-refractivity contribution is 9.10. The summed E-state index contributed by atoms with van der Waals surface area (Å²) in [5.74, 6) is -3.40. The maximum Gasteiger partial charge on any atom is 0.236 e. The van der Waals surface area contributed by atoms with Crippen molar-refractivity contribution in [3.8, 4) is 0 Å². The maximum atomic E-state index is 14.0. The standard InChI is InChI=1S/C13H13BrF2N6O4S2/c14-9-6(15)1-2-7(10(9)16)20-12(17)11-13(22-26-21-11)27-4-3-19-8(23)5-28(18,24)25/h1-2H,3-5H2,(H2,17,20)(H,19,23)(H2,18,24,25). The number of amidine groups is 1. The molecule has 1 heterocycles. The monoisotopic (exact) mass is 498 g/mol. The third-order valence-electron chi connectivity index (χ3n) is 2.99. The van der Waals surface area contributed by atoms with E-state index in [2.05, 4.69) is 41.5 Å². The van der Waals surface area contributed by atoms with Crippen LogP contribution in [-0.2, 0) is 14.8 Å². The first kappa shape index (κ1) is 22.2. The Bertz CT molecular complexity index is 1000. The minimum absolute atomic E-state index is 0.0271. The molecule has 0 aliphatic heterocycles. The molecule has 1 aromatic heterocycles. The second-order valence-corrected chi connectivity index (χ2v) is 8.64. The molecule has 0 aliphatic rings. The Morgan fingerprint density at radius 2 is 2.07 bits per heavy atom. The second-order valence-electron chi connectivity index (χ2n) is 5.15. The van der Waals surface area contributed by atoms with Gasteiger partial charge in [-0.2, -0.15) is 0 Å². The first-order valence-corrected chi connectivity index (χ1v) is 10.8. The molecule has 10 nitrogen and oxygen atoms in total. The van der Waals surface area contributed by atoms with Gasteiger partial charge in [-0.1, -0.05) is 11.8 Å². The number of amides is 1. The Morgan fingerprint density at radius 1 is 1.36 bits per heavy atom. The zero-order valence-corrected chi connectivity index (χ0v) is 17.1. The van der Waals surface area contributed by atoms with Gasteiger partial charge in [0.2, 0.25) is 15.9 Å². The number of halogens is 3. The summed E-state index contributed by atoms with van der Waals surface area (Å²) in [6.45, 7) is 0.0889. The van der Waals surface area contributed by atoms with Crippen LogP contribution in [0.4, 0.5) is 14.5 Å². The van der Waals surface area contributed by atoms with E-state index in [9.17, 15) is 22.0 Å². The van der Waals surface area contributed by atoms with Gasteiger partial charge in [0.25, 0.3) is 0 Å². The van der Waals surface area contributed by atoms with Crippen molar-refractivity contribution in [3.63, 3.8) is 0 Å². The van der Waals surface area contributed by atoms with Gasteiger partial charge in [-0.3, -0.25) is 10.2 Å². The number of primary sulfonamides is 1. The molecule has 0 atom stereocenters. The number of carbonyl (C=O) groups excluding carboxylic acids is 1. The van der Waals surface area contributed by atoms with Crippen molar-refractivity contribution in [1.82, 2.24) is 15.6 Å².